The average Bonchev–Trinajstić information content (AvgIpc) is 3.01. The molecule has 2 aromatic rings. The number of hydrogen-bond acceptors (Lipinski definition) is 4. The molecular formula is C14H16N4O2S. The zero-order valence-corrected chi connectivity index (χ0v) is 12.4. The smallest absolute Gasteiger partial charge is 0.278 e. The Morgan fingerprint density at radius 2 is 2.19 bits per heavy atom. The molecule has 7 heteroatoms. The lowest BCUT2D eigenvalue weighted by molar-refractivity contribution is 0.597. The van der Waals surface area contributed by atoms with Gasteiger partial charge in [0.1, 0.15) is 0 Å². The fraction of sp³-hybridized carbons (Fsp3) is 0.214. The van der Waals surface area contributed by atoms with E-state index in [1.54, 1.807) is 12.1 Å². The van der Waals surface area contributed by atoms with Crippen LogP contribution in [0.1, 0.15) is 18.1 Å². The van der Waals surface area contributed by atoms with Crippen LogP contribution in [0.5, 0.6) is 0 Å². The number of nitrogens with one attached hydrogen (secondary N) is 2. The highest BCUT2D eigenvalue weighted by atomic mass is 32.2. The first-order valence-electron chi connectivity index (χ1n) is 6.41. The van der Waals surface area contributed by atoms with Gasteiger partial charge in [-0.15, -0.1) is 0 Å². The summed E-state index contributed by atoms with van der Waals surface area (Å²) in [5.74, 6) is 5.70. The minimum absolute atomic E-state index is 0.0246. The van der Waals surface area contributed by atoms with Gasteiger partial charge in [0.05, 0.1) is 18.4 Å². The summed E-state index contributed by atoms with van der Waals surface area (Å²) in [6.45, 7) is 2.24. The number of anilines is 1. The Morgan fingerprint density at radius 3 is 2.81 bits per heavy atom. The zero-order chi connectivity index (χ0) is 15.3. The average molecular weight is 304 g/mol. The number of hydrogen-bond donors (Lipinski definition) is 3. The zero-order valence-electron chi connectivity index (χ0n) is 11.6. The van der Waals surface area contributed by atoms with Gasteiger partial charge in [-0.25, -0.2) is 0 Å². The van der Waals surface area contributed by atoms with Crippen LogP contribution < -0.4 is 10.5 Å². The van der Waals surface area contributed by atoms with E-state index in [1.165, 1.54) is 12.3 Å². The van der Waals surface area contributed by atoms with Crippen LogP contribution in [0.3, 0.4) is 0 Å². The number of aromatic nitrogens is 2. The van der Waals surface area contributed by atoms with Gasteiger partial charge in [0.15, 0.2) is 5.03 Å². The van der Waals surface area contributed by atoms with Crippen molar-refractivity contribution in [3.8, 4) is 11.8 Å². The Bertz CT molecular complexity index is 771. The molecule has 1 heterocycles. The third kappa shape index (κ3) is 3.62. The predicted molar refractivity (Wildman–Crippen MR) is 81.1 cm³/mol. The number of aryl methyl sites for hydroxylation is 1. The lowest BCUT2D eigenvalue weighted by Crippen LogP contribution is -2.14. The highest BCUT2D eigenvalue weighted by Crippen LogP contribution is 2.21. The van der Waals surface area contributed by atoms with Crippen LogP contribution >= 0.6 is 0 Å². The van der Waals surface area contributed by atoms with E-state index in [4.69, 9.17) is 5.73 Å². The molecule has 4 N–H and O–H groups in total. The van der Waals surface area contributed by atoms with Gasteiger partial charge >= 0.3 is 0 Å². The van der Waals surface area contributed by atoms with Gasteiger partial charge in [-0.3, -0.25) is 9.82 Å². The van der Waals surface area contributed by atoms with Gasteiger partial charge in [0.25, 0.3) is 10.0 Å². The molecule has 0 aliphatic carbocycles. The van der Waals surface area contributed by atoms with E-state index in [1.807, 2.05) is 13.0 Å². The second-order valence-corrected chi connectivity index (χ2v) is 5.91. The van der Waals surface area contributed by atoms with E-state index in [-0.39, 0.29) is 11.6 Å². The molecule has 0 aliphatic rings. The maximum atomic E-state index is 12.2. The van der Waals surface area contributed by atoms with E-state index in [9.17, 15) is 8.42 Å². The maximum Gasteiger partial charge on any atom is 0.278 e. The summed E-state index contributed by atoms with van der Waals surface area (Å²) >= 11 is 0. The van der Waals surface area contributed by atoms with Crippen molar-refractivity contribution >= 4 is 15.7 Å². The van der Waals surface area contributed by atoms with E-state index in [0.717, 1.165) is 11.1 Å². The van der Waals surface area contributed by atoms with Gasteiger partial charge in [0, 0.05) is 5.56 Å². The fourth-order valence-corrected chi connectivity index (χ4v) is 2.82. The molecule has 110 valence electrons. The number of aromatic amines is 1. The van der Waals surface area contributed by atoms with Gasteiger partial charge in [-0.05, 0) is 36.2 Å². The summed E-state index contributed by atoms with van der Waals surface area (Å²) in [4.78, 5) is 0. The van der Waals surface area contributed by atoms with Crippen LogP contribution in [0.15, 0.2) is 35.5 Å². The Morgan fingerprint density at radius 1 is 1.38 bits per heavy atom. The van der Waals surface area contributed by atoms with E-state index < -0.39 is 10.0 Å². The number of rotatable bonds is 4. The summed E-state index contributed by atoms with van der Waals surface area (Å²) < 4.78 is 26.9. The lowest BCUT2D eigenvalue weighted by atomic mass is 10.1. The number of benzene rings is 1. The van der Waals surface area contributed by atoms with Crippen molar-refractivity contribution in [2.24, 2.45) is 5.73 Å². The summed E-state index contributed by atoms with van der Waals surface area (Å²) in [7, 11) is -3.66. The summed E-state index contributed by atoms with van der Waals surface area (Å²) in [6.07, 6.45) is 2.07. The first-order valence-corrected chi connectivity index (χ1v) is 7.89. The molecule has 0 aliphatic heterocycles. The monoisotopic (exact) mass is 304 g/mol. The van der Waals surface area contributed by atoms with Crippen LogP contribution in [-0.4, -0.2) is 25.2 Å². The normalized spacial score (nSPS) is 10.8. The van der Waals surface area contributed by atoms with Crippen molar-refractivity contribution < 1.29 is 8.42 Å². The molecular weight excluding hydrogens is 288 g/mol. The summed E-state index contributed by atoms with van der Waals surface area (Å²) in [5, 5.41) is 6.11. The molecule has 0 radical (unpaired) electrons. The Kier molecular flexibility index (Phi) is 4.62. The van der Waals surface area contributed by atoms with Crippen molar-refractivity contribution in [2.75, 3.05) is 11.3 Å². The van der Waals surface area contributed by atoms with Crippen LogP contribution in [0.2, 0.25) is 0 Å². The predicted octanol–water partition coefficient (Wildman–Crippen LogP) is 1.08. The minimum Gasteiger partial charge on any atom is -0.320 e. The molecule has 1 aromatic carbocycles. The summed E-state index contributed by atoms with van der Waals surface area (Å²) in [6, 6.07) is 6.71. The molecule has 1 aromatic heterocycles. The molecule has 6 nitrogen and oxygen atoms in total. The van der Waals surface area contributed by atoms with Gasteiger partial charge in [-0.1, -0.05) is 18.8 Å². The van der Waals surface area contributed by atoms with Crippen molar-refractivity contribution in [3.05, 3.63) is 41.6 Å². The van der Waals surface area contributed by atoms with Gasteiger partial charge < -0.3 is 5.73 Å². The largest absolute Gasteiger partial charge is 0.320 e. The van der Waals surface area contributed by atoms with Crippen LogP contribution in [0.25, 0.3) is 0 Å². The van der Waals surface area contributed by atoms with Crippen LogP contribution in [0, 0.1) is 11.8 Å². The molecule has 0 unspecified atom stereocenters. The molecule has 0 fully saturated rings. The first-order chi connectivity index (χ1) is 10.1. The molecule has 0 bridgehead atoms. The Balaban J connectivity index is 2.32. The second-order valence-electron chi connectivity index (χ2n) is 4.26. The third-order valence-electron chi connectivity index (χ3n) is 2.83. The molecule has 0 saturated carbocycles. The number of H-pyrrole nitrogens is 1. The second kappa shape index (κ2) is 6.43. The van der Waals surface area contributed by atoms with Crippen molar-refractivity contribution in [2.45, 2.75) is 18.4 Å². The number of nitrogens with two attached hydrogens (primary N) is 1. The minimum atomic E-state index is -3.66. The standard InChI is InChI=1S/C14H16N4O2S/c1-2-12-10-11(4-3-8-15)5-6-13(12)18-21(19,20)14-7-9-16-17-14/h5-7,9-10,18H,2,8,15H2,1H3,(H,16,17). The fourth-order valence-electron chi connectivity index (χ4n) is 1.81. The first kappa shape index (κ1) is 15.1. The van der Waals surface area contributed by atoms with E-state index in [2.05, 4.69) is 26.8 Å². The number of sulfonamides is 1. The Hall–Kier alpha value is -2.30. The Labute approximate surface area is 123 Å². The molecule has 0 spiro atoms. The van der Waals surface area contributed by atoms with Crippen LogP contribution in [0.4, 0.5) is 5.69 Å². The SMILES string of the molecule is CCc1cc(C#CCN)ccc1NS(=O)(=O)c1ccn[nH]1. The van der Waals surface area contributed by atoms with Crippen LogP contribution in [-0.2, 0) is 16.4 Å². The molecule has 0 saturated heterocycles. The molecule has 0 amide bonds. The van der Waals surface area contributed by atoms with E-state index in [0.29, 0.717) is 12.1 Å². The van der Waals surface area contributed by atoms with Gasteiger partial charge in [-0.2, -0.15) is 13.5 Å². The maximum absolute atomic E-state index is 12.2. The quantitative estimate of drug-likeness (QED) is 0.736. The summed E-state index contributed by atoms with van der Waals surface area (Å²) in [5.41, 5.74) is 7.54. The highest BCUT2D eigenvalue weighted by Gasteiger charge is 2.16. The molecule has 2 rings (SSSR count). The van der Waals surface area contributed by atoms with Crippen molar-refractivity contribution in [1.29, 1.82) is 0 Å². The third-order valence-corrected chi connectivity index (χ3v) is 4.12. The van der Waals surface area contributed by atoms with E-state index >= 15 is 0 Å². The lowest BCUT2D eigenvalue weighted by Gasteiger charge is -2.11. The molecule has 21 heavy (non-hydrogen) atoms. The van der Waals surface area contributed by atoms with Crippen molar-refractivity contribution in [1.82, 2.24) is 10.2 Å². The molecule has 0 atom stereocenters. The van der Waals surface area contributed by atoms with Crippen molar-refractivity contribution in [3.63, 3.8) is 0 Å². The highest BCUT2D eigenvalue weighted by molar-refractivity contribution is 7.92. The van der Waals surface area contributed by atoms with Gasteiger partial charge in [0.2, 0.25) is 0 Å². The topological polar surface area (TPSA) is 101 Å². The number of nitrogens with zero attached hydrogens (tertiary/aromatic N) is 1.